The first kappa shape index (κ1) is 12.4. The number of carbonyl (C=O) groups is 1. The third-order valence-electron chi connectivity index (χ3n) is 2.30. The fraction of sp³-hybridized carbons (Fsp3) is 0.385. The third kappa shape index (κ3) is 3.85. The number of aliphatic imine (C=N–C) groups is 1. The summed E-state index contributed by atoms with van der Waals surface area (Å²) in [5.41, 5.74) is 2.02. The molecular weight excluding hydrogens is 202 g/mol. The lowest BCUT2D eigenvalue weighted by Crippen LogP contribution is -2.11. The lowest BCUT2D eigenvalue weighted by atomic mass is 10.1. The monoisotopic (exact) mass is 219 g/mol. The van der Waals surface area contributed by atoms with Gasteiger partial charge in [-0.2, -0.15) is 0 Å². The smallest absolute Gasteiger partial charge is 0.307 e. The topological polar surface area (TPSA) is 38.7 Å². The van der Waals surface area contributed by atoms with Crippen molar-refractivity contribution in [2.45, 2.75) is 26.3 Å². The summed E-state index contributed by atoms with van der Waals surface area (Å²) in [5, 5.41) is 0. The molecular formula is C13H17NO2. The SMILES string of the molecule is COC(=O)CC(C)N=C(C)c1ccccc1. The van der Waals surface area contributed by atoms with Crippen LogP contribution in [0.25, 0.3) is 0 Å². The van der Waals surface area contributed by atoms with Crippen molar-refractivity contribution < 1.29 is 9.53 Å². The molecule has 0 N–H and O–H groups in total. The summed E-state index contributed by atoms with van der Waals surface area (Å²) in [5.74, 6) is -0.225. The Morgan fingerprint density at radius 2 is 2.00 bits per heavy atom. The van der Waals surface area contributed by atoms with Crippen molar-refractivity contribution in [2.24, 2.45) is 4.99 Å². The minimum absolute atomic E-state index is 0.0485. The molecule has 0 aliphatic carbocycles. The molecule has 0 aliphatic heterocycles. The number of benzene rings is 1. The minimum Gasteiger partial charge on any atom is -0.469 e. The maximum atomic E-state index is 11.0. The van der Waals surface area contributed by atoms with E-state index in [0.29, 0.717) is 6.42 Å². The molecule has 0 aromatic heterocycles. The van der Waals surface area contributed by atoms with Gasteiger partial charge in [0.25, 0.3) is 0 Å². The molecule has 0 aliphatic rings. The van der Waals surface area contributed by atoms with Crippen LogP contribution in [0.15, 0.2) is 35.3 Å². The molecule has 1 unspecified atom stereocenters. The van der Waals surface area contributed by atoms with E-state index in [-0.39, 0.29) is 12.0 Å². The van der Waals surface area contributed by atoms with Crippen LogP contribution in [0.2, 0.25) is 0 Å². The first-order valence-electron chi connectivity index (χ1n) is 5.30. The summed E-state index contributed by atoms with van der Waals surface area (Å²) in [4.78, 5) is 15.5. The van der Waals surface area contributed by atoms with Gasteiger partial charge < -0.3 is 4.74 Å². The number of hydrogen-bond donors (Lipinski definition) is 0. The average molecular weight is 219 g/mol. The highest BCUT2D eigenvalue weighted by molar-refractivity contribution is 5.98. The van der Waals surface area contributed by atoms with Crippen LogP contribution in [0.5, 0.6) is 0 Å². The molecule has 3 nitrogen and oxygen atoms in total. The van der Waals surface area contributed by atoms with Gasteiger partial charge in [-0.25, -0.2) is 0 Å². The summed E-state index contributed by atoms with van der Waals surface area (Å²) >= 11 is 0. The van der Waals surface area contributed by atoms with Crippen LogP contribution in [0.1, 0.15) is 25.8 Å². The number of esters is 1. The molecule has 3 heteroatoms. The molecule has 0 heterocycles. The third-order valence-corrected chi connectivity index (χ3v) is 2.30. The molecule has 86 valence electrons. The van der Waals surface area contributed by atoms with E-state index in [0.717, 1.165) is 11.3 Å². The molecule has 0 amide bonds. The zero-order chi connectivity index (χ0) is 12.0. The van der Waals surface area contributed by atoms with Gasteiger partial charge in [-0.15, -0.1) is 0 Å². The largest absolute Gasteiger partial charge is 0.469 e. The summed E-state index contributed by atoms with van der Waals surface area (Å²) in [6.45, 7) is 3.85. The van der Waals surface area contributed by atoms with Crippen LogP contribution in [0.3, 0.4) is 0 Å². The molecule has 16 heavy (non-hydrogen) atoms. The molecule has 1 rings (SSSR count). The molecule has 0 spiro atoms. The van der Waals surface area contributed by atoms with Gasteiger partial charge in [0.1, 0.15) is 0 Å². The molecule has 0 saturated carbocycles. The van der Waals surface area contributed by atoms with E-state index in [2.05, 4.69) is 9.73 Å². The normalized spacial score (nSPS) is 13.3. The average Bonchev–Trinajstić information content (AvgIpc) is 2.29. The van der Waals surface area contributed by atoms with Crippen LogP contribution in [0.4, 0.5) is 0 Å². The second-order valence-corrected chi connectivity index (χ2v) is 3.71. The van der Waals surface area contributed by atoms with Crippen molar-refractivity contribution in [1.82, 2.24) is 0 Å². The highest BCUT2D eigenvalue weighted by Gasteiger charge is 2.08. The first-order valence-corrected chi connectivity index (χ1v) is 5.30. The van der Waals surface area contributed by atoms with E-state index < -0.39 is 0 Å². The Morgan fingerprint density at radius 3 is 2.56 bits per heavy atom. The zero-order valence-electron chi connectivity index (χ0n) is 9.93. The molecule has 0 saturated heterocycles. The van der Waals surface area contributed by atoms with Crippen LogP contribution < -0.4 is 0 Å². The predicted octanol–water partition coefficient (Wildman–Crippen LogP) is 2.45. The van der Waals surface area contributed by atoms with E-state index in [1.165, 1.54) is 7.11 Å². The lowest BCUT2D eigenvalue weighted by Gasteiger charge is -2.07. The van der Waals surface area contributed by atoms with Crippen LogP contribution in [-0.2, 0) is 9.53 Å². The van der Waals surface area contributed by atoms with Crippen molar-refractivity contribution in [1.29, 1.82) is 0 Å². The van der Waals surface area contributed by atoms with Crippen molar-refractivity contribution in [3.63, 3.8) is 0 Å². The van der Waals surface area contributed by atoms with Crippen molar-refractivity contribution in [2.75, 3.05) is 7.11 Å². The van der Waals surface area contributed by atoms with Gasteiger partial charge >= 0.3 is 5.97 Å². The lowest BCUT2D eigenvalue weighted by molar-refractivity contribution is -0.140. The molecule has 1 aromatic rings. The molecule has 0 fully saturated rings. The molecule has 0 radical (unpaired) electrons. The van der Waals surface area contributed by atoms with Gasteiger partial charge in [-0.1, -0.05) is 30.3 Å². The van der Waals surface area contributed by atoms with Gasteiger partial charge in [-0.3, -0.25) is 9.79 Å². The minimum atomic E-state index is -0.225. The number of rotatable bonds is 4. The van der Waals surface area contributed by atoms with E-state index >= 15 is 0 Å². The summed E-state index contributed by atoms with van der Waals surface area (Å²) < 4.78 is 4.60. The van der Waals surface area contributed by atoms with Gasteiger partial charge in [0.15, 0.2) is 0 Å². The number of carbonyl (C=O) groups excluding carboxylic acids is 1. The number of ether oxygens (including phenoxy) is 1. The Labute approximate surface area is 96.2 Å². The Kier molecular flexibility index (Phi) is 4.70. The second-order valence-electron chi connectivity index (χ2n) is 3.71. The Bertz CT molecular complexity index is 371. The van der Waals surface area contributed by atoms with Crippen LogP contribution in [-0.4, -0.2) is 24.8 Å². The van der Waals surface area contributed by atoms with E-state index in [9.17, 15) is 4.79 Å². The first-order chi connectivity index (χ1) is 7.63. The second kappa shape index (κ2) is 6.05. The Morgan fingerprint density at radius 1 is 1.38 bits per heavy atom. The highest BCUT2D eigenvalue weighted by atomic mass is 16.5. The predicted molar refractivity (Wildman–Crippen MR) is 64.7 cm³/mol. The summed E-state index contributed by atoms with van der Waals surface area (Å²) in [6, 6.07) is 9.87. The fourth-order valence-corrected chi connectivity index (χ4v) is 1.45. The van der Waals surface area contributed by atoms with Crippen molar-refractivity contribution in [3.8, 4) is 0 Å². The number of nitrogens with zero attached hydrogens (tertiary/aromatic N) is 1. The zero-order valence-corrected chi connectivity index (χ0v) is 9.93. The molecule has 1 aromatic carbocycles. The maximum Gasteiger partial charge on any atom is 0.307 e. The number of methoxy groups -OCH3 is 1. The summed E-state index contributed by atoms with van der Waals surface area (Å²) in [6.07, 6.45) is 0.320. The Balaban J connectivity index is 2.66. The summed E-state index contributed by atoms with van der Waals surface area (Å²) in [7, 11) is 1.39. The quantitative estimate of drug-likeness (QED) is 0.576. The van der Waals surface area contributed by atoms with Crippen LogP contribution >= 0.6 is 0 Å². The van der Waals surface area contributed by atoms with Crippen molar-refractivity contribution >= 4 is 11.7 Å². The highest BCUT2D eigenvalue weighted by Crippen LogP contribution is 2.05. The van der Waals surface area contributed by atoms with E-state index in [4.69, 9.17) is 0 Å². The number of hydrogen-bond acceptors (Lipinski definition) is 3. The van der Waals surface area contributed by atoms with Gasteiger partial charge in [0, 0.05) is 5.71 Å². The molecule has 0 bridgehead atoms. The maximum absolute atomic E-state index is 11.0. The van der Waals surface area contributed by atoms with Gasteiger partial charge in [0.05, 0.1) is 19.6 Å². The standard InChI is InChI=1S/C13H17NO2/c1-10(9-13(15)16-3)14-11(2)12-7-5-4-6-8-12/h4-8,10H,9H2,1-3H3. The van der Waals surface area contributed by atoms with E-state index in [1.807, 2.05) is 44.2 Å². The van der Waals surface area contributed by atoms with Crippen LogP contribution in [0, 0.1) is 0 Å². The van der Waals surface area contributed by atoms with E-state index in [1.54, 1.807) is 0 Å². The van der Waals surface area contributed by atoms with Gasteiger partial charge in [-0.05, 0) is 19.4 Å². The Hall–Kier alpha value is -1.64. The van der Waals surface area contributed by atoms with Gasteiger partial charge in [0.2, 0.25) is 0 Å². The molecule has 1 atom stereocenters. The van der Waals surface area contributed by atoms with Crippen molar-refractivity contribution in [3.05, 3.63) is 35.9 Å². The fourth-order valence-electron chi connectivity index (χ4n) is 1.45.